The van der Waals surface area contributed by atoms with Crippen LogP contribution in [0.2, 0.25) is 0 Å². The Morgan fingerprint density at radius 3 is 2.72 bits per heavy atom. The molecule has 0 saturated heterocycles. The molecule has 0 atom stereocenters. The number of aromatic nitrogens is 1. The average molecular weight is 271 g/mol. The van der Waals surface area contributed by atoms with Gasteiger partial charge in [-0.1, -0.05) is 11.3 Å². The van der Waals surface area contributed by atoms with E-state index in [9.17, 15) is 4.79 Å². The van der Waals surface area contributed by atoms with E-state index in [1.54, 1.807) is 7.05 Å². The van der Waals surface area contributed by atoms with Crippen molar-refractivity contribution < 1.29 is 4.79 Å². The third kappa shape index (κ3) is 4.50. The van der Waals surface area contributed by atoms with Crippen LogP contribution in [0.4, 0.5) is 10.9 Å². The second-order valence-corrected chi connectivity index (χ2v) is 5.25. The summed E-state index contributed by atoms with van der Waals surface area (Å²) in [5.41, 5.74) is 5.68. The molecule has 0 radical (unpaired) electrons. The van der Waals surface area contributed by atoms with Crippen LogP contribution >= 0.6 is 11.3 Å². The van der Waals surface area contributed by atoms with Gasteiger partial charge in [0.1, 0.15) is 10.7 Å². The van der Waals surface area contributed by atoms with Gasteiger partial charge in [0.25, 0.3) is 5.91 Å². The standard InChI is InChI=1S/C11H21N5OS/c1-13-11-15-9(12)8(18-11)10(17)14-6-4-5-7-16(2)3/h4-7,12H2,1-3H3,(H,13,15)(H,14,17). The first-order chi connectivity index (χ1) is 8.54. The maximum absolute atomic E-state index is 11.8. The number of rotatable bonds is 7. The van der Waals surface area contributed by atoms with E-state index in [4.69, 9.17) is 5.73 Å². The van der Waals surface area contributed by atoms with Crippen LogP contribution in [0.5, 0.6) is 0 Å². The van der Waals surface area contributed by atoms with Crippen molar-refractivity contribution in [1.29, 1.82) is 0 Å². The van der Waals surface area contributed by atoms with Crippen LogP contribution in [0.1, 0.15) is 22.5 Å². The fourth-order valence-corrected chi connectivity index (χ4v) is 2.19. The largest absolute Gasteiger partial charge is 0.382 e. The Balaban J connectivity index is 2.34. The predicted octanol–water partition coefficient (Wildman–Crippen LogP) is 0.839. The molecule has 18 heavy (non-hydrogen) atoms. The molecular weight excluding hydrogens is 250 g/mol. The van der Waals surface area contributed by atoms with Crippen LogP contribution in [0.15, 0.2) is 0 Å². The van der Waals surface area contributed by atoms with E-state index in [1.807, 2.05) is 14.1 Å². The highest BCUT2D eigenvalue weighted by Gasteiger charge is 2.14. The number of thiazole rings is 1. The number of amides is 1. The normalized spacial score (nSPS) is 10.7. The third-order valence-corrected chi connectivity index (χ3v) is 3.48. The van der Waals surface area contributed by atoms with Gasteiger partial charge in [-0.05, 0) is 33.5 Å². The lowest BCUT2D eigenvalue weighted by Crippen LogP contribution is -2.25. The fraction of sp³-hybridized carbons (Fsp3) is 0.636. The first kappa shape index (κ1) is 14.7. The molecule has 0 unspecified atom stereocenters. The SMILES string of the molecule is CNc1nc(N)c(C(=O)NCCCCN(C)C)s1. The summed E-state index contributed by atoms with van der Waals surface area (Å²) in [6, 6.07) is 0. The Morgan fingerprint density at radius 2 is 2.17 bits per heavy atom. The van der Waals surface area contributed by atoms with Crippen LogP contribution in [0.25, 0.3) is 0 Å². The lowest BCUT2D eigenvalue weighted by atomic mass is 10.3. The maximum Gasteiger partial charge on any atom is 0.265 e. The number of unbranched alkanes of at least 4 members (excludes halogenated alkanes) is 1. The fourth-order valence-electron chi connectivity index (χ4n) is 1.44. The minimum atomic E-state index is -0.142. The molecule has 1 heterocycles. The molecule has 0 aliphatic heterocycles. The Kier molecular flexibility index (Phi) is 5.87. The van der Waals surface area contributed by atoms with Crippen LogP contribution in [-0.4, -0.2) is 50.0 Å². The number of hydrogen-bond acceptors (Lipinski definition) is 6. The molecule has 4 N–H and O–H groups in total. The smallest absolute Gasteiger partial charge is 0.265 e. The Morgan fingerprint density at radius 1 is 1.44 bits per heavy atom. The molecule has 0 aromatic carbocycles. The lowest BCUT2D eigenvalue weighted by molar-refractivity contribution is 0.0957. The lowest BCUT2D eigenvalue weighted by Gasteiger charge is -2.09. The summed E-state index contributed by atoms with van der Waals surface area (Å²) in [5.74, 6) is 0.145. The van der Waals surface area contributed by atoms with E-state index >= 15 is 0 Å². The van der Waals surface area contributed by atoms with E-state index in [1.165, 1.54) is 11.3 Å². The number of carbonyl (C=O) groups is 1. The second kappa shape index (κ2) is 7.17. The minimum absolute atomic E-state index is 0.142. The van der Waals surface area contributed by atoms with Crippen LogP contribution in [0, 0.1) is 0 Å². The molecule has 0 saturated carbocycles. The Bertz CT molecular complexity index is 391. The summed E-state index contributed by atoms with van der Waals surface area (Å²) in [7, 11) is 5.83. The van der Waals surface area contributed by atoms with Gasteiger partial charge in [-0.15, -0.1) is 0 Å². The highest BCUT2D eigenvalue weighted by atomic mass is 32.1. The summed E-state index contributed by atoms with van der Waals surface area (Å²) in [6.07, 6.45) is 2.02. The zero-order chi connectivity index (χ0) is 13.5. The Labute approximate surface area is 112 Å². The van der Waals surface area contributed by atoms with Gasteiger partial charge in [-0.2, -0.15) is 0 Å². The van der Waals surface area contributed by atoms with E-state index in [0.717, 1.165) is 19.4 Å². The molecule has 0 bridgehead atoms. The number of anilines is 2. The molecule has 7 heteroatoms. The number of carbonyl (C=O) groups excluding carboxylic acids is 1. The molecule has 0 aliphatic rings. The monoisotopic (exact) mass is 271 g/mol. The minimum Gasteiger partial charge on any atom is -0.382 e. The molecule has 1 rings (SSSR count). The Hall–Kier alpha value is -1.34. The van der Waals surface area contributed by atoms with E-state index < -0.39 is 0 Å². The van der Waals surface area contributed by atoms with Crippen molar-refractivity contribution in [2.75, 3.05) is 45.3 Å². The van der Waals surface area contributed by atoms with E-state index in [-0.39, 0.29) is 11.7 Å². The number of nitrogens with two attached hydrogens (primary N) is 1. The van der Waals surface area contributed by atoms with Crippen molar-refractivity contribution in [3.63, 3.8) is 0 Å². The van der Waals surface area contributed by atoms with Gasteiger partial charge in [0, 0.05) is 13.6 Å². The van der Waals surface area contributed by atoms with E-state index in [2.05, 4.69) is 20.5 Å². The van der Waals surface area contributed by atoms with Gasteiger partial charge in [0.15, 0.2) is 5.13 Å². The van der Waals surface area contributed by atoms with E-state index in [0.29, 0.717) is 16.6 Å². The van der Waals surface area contributed by atoms with Crippen LogP contribution in [-0.2, 0) is 0 Å². The molecule has 0 aliphatic carbocycles. The molecule has 6 nitrogen and oxygen atoms in total. The summed E-state index contributed by atoms with van der Waals surface area (Å²) < 4.78 is 0. The topological polar surface area (TPSA) is 83.3 Å². The summed E-state index contributed by atoms with van der Waals surface area (Å²) in [6.45, 7) is 1.70. The number of nitrogens with one attached hydrogen (secondary N) is 2. The number of hydrogen-bond donors (Lipinski definition) is 3. The van der Waals surface area contributed by atoms with Crippen molar-refractivity contribution in [2.24, 2.45) is 0 Å². The molecule has 102 valence electrons. The second-order valence-electron chi connectivity index (χ2n) is 4.25. The first-order valence-corrected chi connectivity index (χ1v) is 6.73. The van der Waals surface area contributed by atoms with Crippen molar-refractivity contribution in [1.82, 2.24) is 15.2 Å². The van der Waals surface area contributed by atoms with Crippen molar-refractivity contribution in [3.05, 3.63) is 4.88 Å². The predicted molar refractivity (Wildman–Crippen MR) is 76.2 cm³/mol. The van der Waals surface area contributed by atoms with Crippen molar-refractivity contribution in [2.45, 2.75) is 12.8 Å². The molecule has 1 amide bonds. The molecule has 1 aromatic heterocycles. The first-order valence-electron chi connectivity index (χ1n) is 5.91. The summed E-state index contributed by atoms with van der Waals surface area (Å²) in [5, 5.41) is 6.39. The quantitative estimate of drug-likeness (QED) is 0.640. The molecule has 0 fully saturated rings. The molecular formula is C11H21N5OS. The van der Waals surface area contributed by atoms with Gasteiger partial charge in [0.05, 0.1) is 0 Å². The number of nitrogens with zero attached hydrogens (tertiary/aromatic N) is 2. The molecule has 0 spiro atoms. The van der Waals surface area contributed by atoms with Crippen molar-refractivity contribution in [3.8, 4) is 0 Å². The highest BCUT2D eigenvalue weighted by molar-refractivity contribution is 7.18. The van der Waals surface area contributed by atoms with Gasteiger partial charge >= 0.3 is 0 Å². The number of nitrogen functional groups attached to an aromatic ring is 1. The maximum atomic E-state index is 11.8. The zero-order valence-corrected chi connectivity index (χ0v) is 11.9. The molecule has 1 aromatic rings. The summed E-state index contributed by atoms with van der Waals surface area (Å²) in [4.78, 5) is 18.5. The van der Waals surface area contributed by atoms with Gasteiger partial charge < -0.3 is 21.3 Å². The highest BCUT2D eigenvalue weighted by Crippen LogP contribution is 2.24. The summed E-state index contributed by atoms with van der Waals surface area (Å²) >= 11 is 1.27. The van der Waals surface area contributed by atoms with Crippen molar-refractivity contribution >= 4 is 28.2 Å². The third-order valence-electron chi connectivity index (χ3n) is 2.39. The van der Waals surface area contributed by atoms with Gasteiger partial charge in [-0.3, -0.25) is 4.79 Å². The van der Waals surface area contributed by atoms with Gasteiger partial charge in [0.2, 0.25) is 0 Å². The van der Waals surface area contributed by atoms with Crippen LogP contribution in [0.3, 0.4) is 0 Å². The zero-order valence-electron chi connectivity index (χ0n) is 11.1. The average Bonchev–Trinajstić information content (AvgIpc) is 2.69. The van der Waals surface area contributed by atoms with Gasteiger partial charge in [-0.25, -0.2) is 4.98 Å². The van der Waals surface area contributed by atoms with Crippen LogP contribution < -0.4 is 16.4 Å².